The molecule has 1 fully saturated rings. The summed E-state index contributed by atoms with van der Waals surface area (Å²) in [5, 5.41) is 2.24. The van der Waals surface area contributed by atoms with E-state index in [1.54, 1.807) is 12.1 Å². The predicted molar refractivity (Wildman–Crippen MR) is 77.2 cm³/mol. The van der Waals surface area contributed by atoms with E-state index >= 15 is 0 Å². The van der Waals surface area contributed by atoms with E-state index in [0.29, 0.717) is 22.6 Å². The molecule has 0 radical (unpaired) electrons. The first-order chi connectivity index (χ1) is 10.1. The lowest BCUT2D eigenvalue weighted by Gasteiger charge is -2.20. The zero-order valence-electron chi connectivity index (χ0n) is 12.0. The van der Waals surface area contributed by atoms with Gasteiger partial charge in [0.05, 0.1) is 11.1 Å². The number of rotatable bonds is 1. The van der Waals surface area contributed by atoms with Gasteiger partial charge < -0.3 is 4.90 Å². The molecule has 21 heavy (non-hydrogen) atoms. The van der Waals surface area contributed by atoms with Gasteiger partial charge in [-0.3, -0.25) is 19.7 Å². The van der Waals surface area contributed by atoms with Crippen LogP contribution in [-0.2, 0) is 0 Å². The zero-order chi connectivity index (χ0) is 15.0. The Labute approximate surface area is 123 Å². The fraction of sp³-hybridized carbons (Fsp3) is 0.438. The van der Waals surface area contributed by atoms with E-state index in [4.69, 9.17) is 0 Å². The predicted octanol–water partition coefficient (Wildman–Crippen LogP) is 1.83. The Hall–Kier alpha value is -2.17. The quantitative estimate of drug-likeness (QED) is 0.801. The number of hydrogen-bond donors (Lipinski definition) is 1. The molecule has 1 aromatic carbocycles. The molecule has 0 aromatic heterocycles. The zero-order valence-corrected chi connectivity index (χ0v) is 12.0. The minimum Gasteiger partial charge on any atom is -0.339 e. The molecular weight excluding hydrogens is 268 g/mol. The highest BCUT2D eigenvalue weighted by molar-refractivity contribution is 6.22. The van der Waals surface area contributed by atoms with E-state index in [1.807, 2.05) is 4.90 Å². The lowest BCUT2D eigenvalue weighted by Crippen LogP contribution is -2.32. The SMILES string of the molecule is CC1CCCN(C(=O)c2ccc3c(c2)C(=O)NC3=O)CC1. The van der Waals surface area contributed by atoms with Gasteiger partial charge in [0, 0.05) is 18.7 Å². The van der Waals surface area contributed by atoms with E-state index in [-0.39, 0.29) is 5.91 Å². The Bertz CT molecular complexity index is 624. The molecule has 1 N–H and O–H groups in total. The largest absolute Gasteiger partial charge is 0.339 e. The summed E-state index contributed by atoms with van der Waals surface area (Å²) in [7, 11) is 0. The molecule has 1 atom stereocenters. The number of likely N-dealkylation sites (tertiary alicyclic amines) is 1. The van der Waals surface area contributed by atoms with Crippen LogP contribution in [0.25, 0.3) is 0 Å². The number of imide groups is 1. The van der Waals surface area contributed by atoms with Crippen LogP contribution in [0, 0.1) is 5.92 Å². The summed E-state index contributed by atoms with van der Waals surface area (Å²) in [6.07, 6.45) is 3.16. The number of carbonyl (C=O) groups is 3. The summed E-state index contributed by atoms with van der Waals surface area (Å²) in [6.45, 7) is 3.72. The van der Waals surface area contributed by atoms with Gasteiger partial charge in [0.2, 0.25) is 0 Å². The highest BCUT2D eigenvalue weighted by Gasteiger charge is 2.28. The third kappa shape index (κ3) is 2.55. The smallest absolute Gasteiger partial charge is 0.258 e. The summed E-state index contributed by atoms with van der Waals surface area (Å²) in [5.41, 5.74) is 1.13. The van der Waals surface area contributed by atoms with Crippen molar-refractivity contribution in [3.63, 3.8) is 0 Å². The van der Waals surface area contributed by atoms with Crippen molar-refractivity contribution in [1.29, 1.82) is 0 Å². The van der Waals surface area contributed by atoms with Crippen LogP contribution in [0.3, 0.4) is 0 Å². The maximum absolute atomic E-state index is 12.6. The summed E-state index contributed by atoms with van der Waals surface area (Å²) in [6, 6.07) is 4.73. The lowest BCUT2D eigenvalue weighted by atomic mass is 10.0. The molecule has 110 valence electrons. The third-order valence-electron chi connectivity index (χ3n) is 4.29. The monoisotopic (exact) mass is 286 g/mol. The van der Waals surface area contributed by atoms with E-state index in [9.17, 15) is 14.4 Å². The molecule has 3 rings (SSSR count). The minimum absolute atomic E-state index is 0.0564. The molecule has 1 aromatic rings. The maximum atomic E-state index is 12.6. The summed E-state index contributed by atoms with van der Waals surface area (Å²) in [5.74, 6) is -0.225. The van der Waals surface area contributed by atoms with Crippen LogP contribution in [0.5, 0.6) is 0 Å². The standard InChI is InChI=1S/C16H18N2O3/c1-10-3-2-7-18(8-6-10)16(21)11-4-5-12-13(9-11)15(20)17-14(12)19/h4-5,9-10H,2-3,6-8H2,1H3,(H,17,19,20). The van der Waals surface area contributed by atoms with Gasteiger partial charge >= 0.3 is 0 Å². The van der Waals surface area contributed by atoms with Crippen LogP contribution >= 0.6 is 0 Å². The topological polar surface area (TPSA) is 66.5 Å². The van der Waals surface area contributed by atoms with Crippen LogP contribution in [0.4, 0.5) is 0 Å². The molecule has 0 spiro atoms. The van der Waals surface area contributed by atoms with Crippen molar-refractivity contribution in [3.8, 4) is 0 Å². The number of carbonyl (C=O) groups excluding carboxylic acids is 3. The Kier molecular flexibility index (Phi) is 3.49. The average Bonchev–Trinajstić information content (AvgIpc) is 2.65. The van der Waals surface area contributed by atoms with Gasteiger partial charge in [0.25, 0.3) is 17.7 Å². The minimum atomic E-state index is -0.422. The fourth-order valence-corrected chi connectivity index (χ4v) is 2.95. The first-order valence-corrected chi connectivity index (χ1v) is 7.35. The molecule has 2 aliphatic heterocycles. The Balaban J connectivity index is 1.84. The van der Waals surface area contributed by atoms with Crippen LogP contribution < -0.4 is 5.32 Å². The van der Waals surface area contributed by atoms with E-state index in [2.05, 4.69) is 12.2 Å². The number of benzene rings is 1. The van der Waals surface area contributed by atoms with Gasteiger partial charge in [-0.2, -0.15) is 0 Å². The molecule has 5 heteroatoms. The average molecular weight is 286 g/mol. The lowest BCUT2D eigenvalue weighted by molar-refractivity contribution is 0.0759. The van der Waals surface area contributed by atoms with Crippen molar-refractivity contribution in [2.45, 2.75) is 26.2 Å². The molecule has 2 aliphatic rings. The second-order valence-corrected chi connectivity index (χ2v) is 5.87. The highest BCUT2D eigenvalue weighted by Crippen LogP contribution is 2.21. The number of fused-ring (bicyclic) bond motifs is 1. The molecule has 1 unspecified atom stereocenters. The first kappa shape index (κ1) is 13.8. The second kappa shape index (κ2) is 5.31. The Morgan fingerprint density at radius 2 is 1.90 bits per heavy atom. The number of nitrogens with zero attached hydrogens (tertiary/aromatic N) is 1. The Morgan fingerprint density at radius 1 is 1.14 bits per heavy atom. The molecule has 5 nitrogen and oxygen atoms in total. The van der Waals surface area contributed by atoms with E-state index in [1.165, 1.54) is 6.07 Å². The molecular formula is C16H18N2O3. The van der Waals surface area contributed by atoms with Gasteiger partial charge in [-0.15, -0.1) is 0 Å². The Morgan fingerprint density at radius 3 is 2.71 bits per heavy atom. The van der Waals surface area contributed by atoms with E-state index in [0.717, 1.165) is 32.4 Å². The second-order valence-electron chi connectivity index (χ2n) is 5.87. The number of hydrogen-bond acceptors (Lipinski definition) is 3. The molecule has 1 saturated heterocycles. The molecule has 0 bridgehead atoms. The van der Waals surface area contributed by atoms with Crippen molar-refractivity contribution < 1.29 is 14.4 Å². The summed E-state index contributed by atoms with van der Waals surface area (Å²) in [4.78, 5) is 37.6. The summed E-state index contributed by atoms with van der Waals surface area (Å²) >= 11 is 0. The molecule has 0 saturated carbocycles. The number of amides is 3. The van der Waals surface area contributed by atoms with Crippen LogP contribution in [0.15, 0.2) is 18.2 Å². The van der Waals surface area contributed by atoms with Gasteiger partial charge in [-0.25, -0.2) is 0 Å². The maximum Gasteiger partial charge on any atom is 0.258 e. The van der Waals surface area contributed by atoms with Gasteiger partial charge in [-0.05, 0) is 43.4 Å². The highest BCUT2D eigenvalue weighted by atomic mass is 16.2. The third-order valence-corrected chi connectivity index (χ3v) is 4.29. The van der Waals surface area contributed by atoms with Crippen molar-refractivity contribution in [3.05, 3.63) is 34.9 Å². The summed E-state index contributed by atoms with van der Waals surface area (Å²) < 4.78 is 0. The van der Waals surface area contributed by atoms with E-state index < -0.39 is 11.8 Å². The van der Waals surface area contributed by atoms with Crippen LogP contribution in [0.2, 0.25) is 0 Å². The fourth-order valence-electron chi connectivity index (χ4n) is 2.95. The van der Waals surface area contributed by atoms with Crippen LogP contribution in [-0.4, -0.2) is 35.7 Å². The van der Waals surface area contributed by atoms with Gasteiger partial charge in [0.1, 0.15) is 0 Å². The van der Waals surface area contributed by atoms with Gasteiger partial charge in [-0.1, -0.05) is 6.92 Å². The van der Waals surface area contributed by atoms with Crippen molar-refractivity contribution in [2.75, 3.05) is 13.1 Å². The van der Waals surface area contributed by atoms with Crippen molar-refractivity contribution in [1.82, 2.24) is 10.2 Å². The number of nitrogens with one attached hydrogen (secondary N) is 1. The first-order valence-electron chi connectivity index (χ1n) is 7.35. The van der Waals surface area contributed by atoms with Gasteiger partial charge in [0.15, 0.2) is 0 Å². The molecule has 3 amide bonds. The van der Waals surface area contributed by atoms with Crippen molar-refractivity contribution >= 4 is 17.7 Å². The molecule has 2 heterocycles. The normalized spacial score (nSPS) is 21.8. The van der Waals surface area contributed by atoms with Crippen molar-refractivity contribution in [2.24, 2.45) is 5.92 Å². The van der Waals surface area contributed by atoms with Crippen LogP contribution in [0.1, 0.15) is 57.3 Å². The molecule has 0 aliphatic carbocycles.